The summed E-state index contributed by atoms with van der Waals surface area (Å²) in [6.07, 6.45) is 2.69. The first kappa shape index (κ1) is 18.3. The summed E-state index contributed by atoms with van der Waals surface area (Å²) in [6.45, 7) is 0. The maximum atomic E-state index is 11.8. The molecule has 1 aromatic carbocycles. The second-order valence-electron chi connectivity index (χ2n) is 5.60. The number of pyridine rings is 2. The SMILES string of the molecule is NC(=O)c1cc([N+](=O)[O-])cnc1NC(c1cccc(Cl)c1)c1ccccn1. The average Bonchev–Trinajstić information content (AvgIpc) is 2.66. The summed E-state index contributed by atoms with van der Waals surface area (Å²) in [6, 6.07) is 13.1. The summed E-state index contributed by atoms with van der Waals surface area (Å²) in [5, 5.41) is 14.6. The van der Waals surface area contributed by atoms with Gasteiger partial charge in [0.2, 0.25) is 0 Å². The standard InChI is InChI=1S/C18H14ClN5O3/c19-12-5-3-4-11(8-12)16(15-6-1-2-7-21-15)23-18-14(17(20)25)9-13(10-22-18)24(26)27/h1-10,16H,(H2,20,25)(H,22,23). The molecule has 0 aliphatic carbocycles. The number of benzene rings is 1. The molecule has 0 aliphatic heterocycles. The molecule has 2 heterocycles. The summed E-state index contributed by atoms with van der Waals surface area (Å²) in [5.41, 5.74) is 6.39. The van der Waals surface area contributed by atoms with Gasteiger partial charge in [-0.1, -0.05) is 29.8 Å². The maximum Gasteiger partial charge on any atom is 0.288 e. The van der Waals surface area contributed by atoms with Gasteiger partial charge in [-0.15, -0.1) is 0 Å². The van der Waals surface area contributed by atoms with E-state index in [1.807, 2.05) is 12.1 Å². The third kappa shape index (κ3) is 4.18. The van der Waals surface area contributed by atoms with E-state index in [-0.39, 0.29) is 17.1 Å². The minimum Gasteiger partial charge on any atom is -0.365 e. The van der Waals surface area contributed by atoms with E-state index in [2.05, 4.69) is 15.3 Å². The van der Waals surface area contributed by atoms with Crippen molar-refractivity contribution in [2.45, 2.75) is 6.04 Å². The third-order valence-electron chi connectivity index (χ3n) is 3.80. The summed E-state index contributed by atoms with van der Waals surface area (Å²) < 4.78 is 0. The largest absolute Gasteiger partial charge is 0.365 e. The minimum atomic E-state index is -0.834. The van der Waals surface area contributed by atoms with Gasteiger partial charge in [0.15, 0.2) is 0 Å². The van der Waals surface area contributed by atoms with Crippen molar-refractivity contribution in [1.82, 2.24) is 9.97 Å². The zero-order valence-corrected chi connectivity index (χ0v) is 14.6. The number of halogens is 1. The van der Waals surface area contributed by atoms with E-state index < -0.39 is 16.9 Å². The molecule has 0 fully saturated rings. The molecule has 3 N–H and O–H groups in total. The normalized spacial score (nSPS) is 11.6. The van der Waals surface area contributed by atoms with E-state index in [9.17, 15) is 14.9 Å². The first-order chi connectivity index (χ1) is 13.0. The first-order valence-electron chi connectivity index (χ1n) is 7.83. The van der Waals surface area contributed by atoms with Gasteiger partial charge in [0.25, 0.3) is 11.6 Å². The van der Waals surface area contributed by atoms with Crippen molar-refractivity contribution in [1.29, 1.82) is 0 Å². The van der Waals surface area contributed by atoms with Gasteiger partial charge in [-0.05, 0) is 29.8 Å². The molecule has 0 bridgehead atoms. The summed E-state index contributed by atoms with van der Waals surface area (Å²) in [5.74, 6) is -0.719. The molecule has 0 radical (unpaired) electrons. The van der Waals surface area contributed by atoms with E-state index >= 15 is 0 Å². The fourth-order valence-electron chi connectivity index (χ4n) is 2.55. The number of nitro groups is 1. The molecule has 3 rings (SSSR count). The summed E-state index contributed by atoms with van der Waals surface area (Å²) in [4.78, 5) is 30.5. The van der Waals surface area contributed by atoms with Crippen LogP contribution in [-0.4, -0.2) is 20.8 Å². The highest BCUT2D eigenvalue weighted by Crippen LogP contribution is 2.29. The molecule has 0 saturated heterocycles. The Kier molecular flexibility index (Phi) is 5.28. The highest BCUT2D eigenvalue weighted by Gasteiger charge is 2.21. The number of nitrogens with one attached hydrogen (secondary N) is 1. The number of primary amides is 1. The summed E-state index contributed by atoms with van der Waals surface area (Å²) >= 11 is 6.10. The molecule has 8 nitrogen and oxygen atoms in total. The quantitative estimate of drug-likeness (QED) is 0.497. The van der Waals surface area contributed by atoms with Crippen LogP contribution in [0.3, 0.4) is 0 Å². The van der Waals surface area contributed by atoms with Crippen molar-refractivity contribution in [3.63, 3.8) is 0 Å². The van der Waals surface area contributed by atoms with Crippen LogP contribution in [0.4, 0.5) is 11.5 Å². The predicted octanol–water partition coefficient (Wildman–Crippen LogP) is 3.34. The lowest BCUT2D eigenvalue weighted by atomic mass is 10.0. The smallest absolute Gasteiger partial charge is 0.288 e. The Morgan fingerprint density at radius 1 is 1.19 bits per heavy atom. The highest BCUT2D eigenvalue weighted by atomic mass is 35.5. The van der Waals surface area contributed by atoms with Crippen LogP contribution in [0.25, 0.3) is 0 Å². The Labute approximate surface area is 159 Å². The van der Waals surface area contributed by atoms with Crippen molar-refractivity contribution in [2.75, 3.05) is 5.32 Å². The van der Waals surface area contributed by atoms with Gasteiger partial charge in [-0.3, -0.25) is 19.9 Å². The van der Waals surface area contributed by atoms with E-state index in [4.69, 9.17) is 17.3 Å². The predicted molar refractivity (Wildman–Crippen MR) is 101 cm³/mol. The molecule has 1 unspecified atom stereocenters. The number of hydrogen-bond acceptors (Lipinski definition) is 6. The third-order valence-corrected chi connectivity index (χ3v) is 4.03. The van der Waals surface area contributed by atoms with Crippen LogP contribution >= 0.6 is 11.6 Å². The average molecular weight is 384 g/mol. The molecule has 136 valence electrons. The van der Waals surface area contributed by atoms with E-state index in [0.717, 1.165) is 17.8 Å². The zero-order valence-electron chi connectivity index (χ0n) is 13.9. The van der Waals surface area contributed by atoms with Crippen molar-refractivity contribution in [3.8, 4) is 0 Å². The van der Waals surface area contributed by atoms with Crippen molar-refractivity contribution in [2.24, 2.45) is 5.73 Å². The number of nitrogens with zero attached hydrogens (tertiary/aromatic N) is 3. The maximum absolute atomic E-state index is 11.8. The van der Waals surface area contributed by atoms with Crippen LogP contribution in [0.1, 0.15) is 27.7 Å². The second kappa shape index (κ2) is 7.79. The van der Waals surface area contributed by atoms with Gasteiger partial charge in [0.05, 0.1) is 22.2 Å². The lowest BCUT2D eigenvalue weighted by Gasteiger charge is -2.20. The van der Waals surface area contributed by atoms with Gasteiger partial charge in [-0.25, -0.2) is 4.98 Å². The van der Waals surface area contributed by atoms with E-state index in [1.54, 1.807) is 36.5 Å². The summed E-state index contributed by atoms with van der Waals surface area (Å²) in [7, 11) is 0. The first-order valence-corrected chi connectivity index (χ1v) is 8.20. The Balaban J connectivity index is 2.07. The molecular formula is C18H14ClN5O3. The van der Waals surface area contributed by atoms with Gasteiger partial charge >= 0.3 is 0 Å². The fourth-order valence-corrected chi connectivity index (χ4v) is 2.75. The molecule has 3 aromatic rings. The molecule has 27 heavy (non-hydrogen) atoms. The fraction of sp³-hybridized carbons (Fsp3) is 0.0556. The Hall–Kier alpha value is -3.52. The number of aromatic nitrogens is 2. The van der Waals surface area contributed by atoms with Crippen LogP contribution in [0, 0.1) is 10.1 Å². The molecule has 0 saturated carbocycles. The van der Waals surface area contributed by atoms with E-state index in [0.29, 0.717) is 10.7 Å². The number of carbonyl (C=O) groups excluding carboxylic acids is 1. The molecular weight excluding hydrogens is 370 g/mol. The van der Waals surface area contributed by atoms with Crippen molar-refractivity contribution >= 4 is 29.0 Å². The lowest BCUT2D eigenvalue weighted by molar-refractivity contribution is -0.385. The molecule has 0 spiro atoms. The number of anilines is 1. The van der Waals surface area contributed by atoms with Crippen LogP contribution in [0.5, 0.6) is 0 Å². The molecule has 9 heteroatoms. The Morgan fingerprint density at radius 2 is 2.00 bits per heavy atom. The second-order valence-corrected chi connectivity index (χ2v) is 6.03. The van der Waals surface area contributed by atoms with Crippen LogP contribution < -0.4 is 11.1 Å². The Bertz CT molecular complexity index is 997. The van der Waals surface area contributed by atoms with Crippen molar-refractivity contribution < 1.29 is 9.72 Å². The minimum absolute atomic E-state index is 0.0906. The highest BCUT2D eigenvalue weighted by molar-refractivity contribution is 6.30. The Morgan fingerprint density at radius 3 is 2.63 bits per heavy atom. The number of carbonyl (C=O) groups is 1. The number of hydrogen-bond donors (Lipinski definition) is 2. The van der Waals surface area contributed by atoms with Gasteiger partial charge in [0.1, 0.15) is 12.0 Å². The molecule has 0 aliphatic rings. The number of rotatable bonds is 6. The number of nitrogens with two attached hydrogens (primary N) is 1. The van der Waals surface area contributed by atoms with Crippen LogP contribution in [-0.2, 0) is 0 Å². The molecule has 1 atom stereocenters. The number of amides is 1. The molecule has 2 aromatic heterocycles. The van der Waals surface area contributed by atoms with E-state index in [1.165, 1.54) is 0 Å². The topological polar surface area (TPSA) is 124 Å². The van der Waals surface area contributed by atoms with Crippen LogP contribution in [0.2, 0.25) is 5.02 Å². The van der Waals surface area contributed by atoms with Crippen LogP contribution in [0.15, 0.2) is 60.9 Å². The lowest BCUT2D eigenvalue weighted by Crippen LogP contribution is -2.20. The molecule has 1 amide bonds. The van der Waals surface area contributed by atoms with Gasteiger partial charge in [-0.2, -0.15) is 0 Å². The monoisotopic (exact) mass is 383 g/mol. The zero-order chi connectivity index (χ0) is 19.4. The van der Waals surface area contributed by atoms with Gasteiger partial charge < -0.3 is 11.1 Å². The van der Waals surface area contributed by atoms with Crippen molar-refractivity contribution in [3.05, 3.63) is 92.9 Å². The van der Waals surface area contributed by atoms with Gasteiger partial charge in [0, 0.05) is 17.3 Å².